The van der Waals surface area contributed by atoms with Gasteiger partial charge in [0.2, 0.25) is 0 Å². The summed E-state index contributed by atoms with van der Waals surface area (Å²) >= 11 is 6.39. The van der Waals surface area contributed by atoms with Crippen molar-refractivity contribution in [1.29, 1.82) is 0 Å². The van der Waals surface area contributed by atoms with Crippen LogP contribution in [-0.2, 0) is 6.54 Å². The van der Waals surface area contributed by atoms with E-state index >= 15 is 0 Å². The Morgan fingerprint density at radius 2 is 2.04 bits per heavy atom. The molecule has 6 nitrogen and oxygen atoms in total. The summed E-state index contributed by atoms with van der Waals surface area (Å²) in [5.41, 5.74) is 1.01. The van der Waals surface area contributed by atoms with Crippen LogP contribution in [0.25, 0.3) is 0 Å². The number of hydrogen-bond donors (Lipinski definition) is 2. The average molecular weight is 523 g/mol. The second kappa shape index (κ2) is 11.9. The quantitative estimate of drug-likeness (QED) is 0.339. The first kappa shape index (κ1) is 23.3. The fraction of sp³-hybridized carbons (Fsp3) is 0.650. The topological polar surface area (TPSA) is 58.1 Å². The number of nitrogens with zero attached hydrogens (tertiary/aromatic N) is 2. The van der Waals surface area contributed by atoms with Crippen LogP contribution in [0, 0.1) is 0 Å². The van der Waals surface area contributed by atoms with Gasteiger partial charge in [0.15, 0.2) is 17.5 Å². The summed E-state index contributed by atoms with van der Waals surface area (Å²) in [5.74, 6) is 2.20. The van der Waals surface area contributed by atoms with Crippen LogP contribution in [0.4, 0.5) is 0 Å². The number of halogens is 2. The van der Waals surface area contributed by atoms with Gasteiger partial charge in [-0.25, -0.2) is 4.99 Å². The molecule has 3 rings (SSSR count). The van der Waals surface area contributed by atoms with Crippen molar-refractivity contribution >= 4 is 41.5 Å². The predicted octanol–water partition coefficient (Wildman–Crippen LogP) is 3.66. The van der Waals surface area contributed by atoms with E-state index in [-0.39, 0.29) is 24.0 Å². The SMILES string of the molecule is CCNC(=NCc1cc(Cl)c2c(c1)OCCCO2)NCC1CCCN1CC.I. The lowest BCUT2D eigenvalue weighted by atomic mass is 10.2. The van der Waals surface area contributed by atoms with Gasteiger partial charge in [-0.15, -0.1) is 24.0 Å². The van der Waals surface area contributed by atoms with Crippen LogP contribution in [0.15, 0.2) is 17.1 Å². The molecule has 1 atom stereocenters. The van der Waals surface area contributed by atoms with Crippen molar-refractivity contribution in [3.05, 3.63) is 22.7 Å². The molecule has 8 heteroatoms. The second-order valence-electron chi connectivity index (χ2n) is 6.96. The Labute approximate surface area is 190 Å². The molecule has 1 aromatic rings. The van der Waals surface area contributed by atoms with Gasteiger partial charge >= 0.3 is 0 Å². The van der Waals surface area contributed by atoms with Gasteiger partial charge in [-0.1, -0.05) is 18.5 Å². The van der Waals surface area contributed by atoms with E-state index in [1.54, 1.807) is 0 Å². The molecule has 0 spiro atoms. The Balaban J connectivity index is 0.00000280. The molecule has 1 aromatic carbocycles. The molecule has 1 fully saturated rings. The van der Waals surface area contributed by atoms with E-state index in [2.05, 4.69) is 29.4 Å². The third kappa shape index (κ3) is 6.29. The van der Waals surface area contributed by atoms with Crippen molar-refractivity contribution in [2.45, 2.75) is 45.7 Å². The van der Waals surface area contributed by atoms with Crippen LogP contribution >= 0.6 is 35.6 Å². The minimum absolute atomic E-state index is 0. The number of fused-ring (bicyclic) bond motifs is 1. The van der Waals surface area contributed by atoms with E-state index in [0.29, 0.717) is 42.3 Å². The molecule has 2 heterocycles. The van der Waals surface area contributed by atoms with Crippen molar-refractivity contribution in [1.82, 2.24) is 15.5 Å². The van der Waals surface area contributed by atoms with Crippen molar-refractivity contribution in [2.24, 2.45) is 4.99 Å². The molecule has 1 saturated heterocycles. The van der Waals surface area contributed by atoms with E-state index in [0.717, 1.165) is 37.6 Å². The van der Waals surface area contributed by atoms with Crippen molar-refractivity contribution in [2.75, 3.05) is 39.4 Å². The van der Waals surface area contributed by atoms with Crippen LogP contribution < -0.4 is 20.1 Å². The monoisotopic (exact) mass is 522 g/mol. The Morgan fingerprint density at radius 3 is 2.82 bits per heavy atom. The highest BCUT2D eigenvalue weighted by molar-refractivity contribution is 14.0. The molecule has 0 saturated carbocycles. The van der Waals surface area contributed by atoms with E-state index in [1.165, 1.54) is 19.4 Å². The molecule has 2 aliphatic rings. The maximum atomic E-state index is 6.39. The van der Waals surface area contributed by atoms with Gasteiger partial charge in [-0.2, -0.15) is 0 Å². The number of hydrogen-bond acceptors (Lipinski definition) is 4. The standard InChI is InChI=1S/C20H31ClN4O2.HI/c1-3-22-20(24-14-16-7-5-8-25(16)4-2)23-13-15-11-17(21)19-18(12-15)26-9-6-10-27-19;/h11-12,16H,3-10,13-14H2,1-2H3,(H2,22,23,24);1H. The predicted molar refractivity (Wildman–Crippen MR) is 126 cm³/mol. The van der Waals surface area contributed by atoms with Gasteiger partial charge in [-0.05, 0) is 50.6 Å². The Bertz CT molecular complexity index is 659. The summed E-state index contributed by atoms with van der Waals surface area (Å²) < 4.78 is 11.5. The third-order valence-electron chi connectivity index (χ3n) is 5.04. The normalized spacial score (nSPS) is 19.7. The average Bonchev–Trinajstić information content (AvgIpc) is 2.99. The lowest BCUT2D eigenvalue weighted by molar-refractivity contribution is 0.267. The van der Waals surface area contributed by atoms with Crippen molar-refractivity contribution in [3.63, 3.8) is 0 Å². The van der Waals surface area contributed by atoms with E-state index < -0.39 is 0 Å². The number of ether oxygens (including phenoxy) is 2. The lowest BCUT2D eigenvalue weighted by Crippen LogP contribution is -2.44. The Kier molecular flexibility index (Phi) is 9.94. The third-order valence-corrected chi connectivity index (χ3v) is 5.32. The second-order valence-corrected chi connectivity index (χ2v) is 7.36. The fourth-order valence-electron chi connectivity index (χ4n) is 3.64. The van der Waals surface area contributed by atoms with Gasteiger partial charge in [0.1, 0.15) is 0 Å². The van der Waals surface area contributed by atoms with Crippen LogP contribution in [0.3, 0.4) is 0 Å². The van der Waals surface area contributed by atoms with Crippen molar-refractivity contribution < 1.29 is 9.47 Å². The van der Waals surface area contributed by atoms with Gasteiger partial charge in [0, 0.05) is 25.6 Å². The summed E-state index contributed by atoms with van der Waals surface area (Å²) in [5, 5.41) is 7.41. The first-order valence-electron chi connectivity index (χ1n) is 10.1. The highest BCUT2D eigenvalue weighted by Crippen LogP contribution is 2.38. The summed E-state index contributed by atoms with van der Waals surface area (Å²) in [6.45, 7) is 10.2. The zero-order valence-corrected chi connectivity index (χ0v) is 19.9. The number of likely N-dealkylation sites (tertiary alicyclic amines) is 1. The fourth-order valence-corrected chi connectivity index (χ4v) is 3.93. The smallest absolute Gasteiger partial charge is 0.191 e. The highest BCUT2D eigenvalue weighted by atomic mass is 127. The molecule has 0 bridgehead atoms. The Morgan fingerprint density at radius 1 is 1.21 bits per heavy atom. The van der Waals surface area contributed by atoms with Gasteiger partial charge < -0.3 is 20.1 Å². The van der Waals surface area contributed by atoms with Gasteiger partial charge in [-0.3, -0.25) is 4.90 Å². The van der Waals surface area contributed by atoms with Crippen molar-refractivity contribution in [3.8, 4) is 11.5 Å². The molecule has 0 amide bonds. The number of nitrogens with one attached hydrogen (secondary N) is 2. The lowest BCUT2D eigenvalue weighted by Gasteiger charge is -2.24. The molecule has 0 aliphatic carbocycles. The zero-order valence-electron chi connectivity index (χ0n) is 16.8. The molecular weight excluding hydrogens is 491 g/mol. The largest absolute Gasteiger partial charge is 0.489 e. The molecule has 0 aromatic heterocycles. The zero-order chi connectivity index (χ0) is 19.1. The van der Waals surface area contributed by atoms with Gasteiger partial charge in [0.25, 0.3) is 0 Å². The summed E-state index contributed by atoms with van der Waals surface area (Å²) in [4.78, 5) is 7.26. The highest BCUT2D eigenvalue weighted by Gasteiger charge is 2.22. The van der Waals surface area contributed by atoms with Crippen LogP contribution in [0.1, 0.15) is 38.7 Å². The molecule has 158 valence electrons. The van der Waals surface area contributed by atoms with Gasteiger partial charge in [0.05, 0.1) is 24.8 Å². The molecule has 2 aliphatic heterocycles. The number of rotatable bonds is 6. The maximum Gasteiger partial charge on any atom is 0.191 e. The van der Waals surface area contributed by atoms with Crippen LogP contribution in [0.5, 0.6) is 11.5 Å². The minimum atomic E-state index is 0. The van der Waals surface area contributed by atoms with Crippen LogP contribution in [0.2, 0.25) is 5.02 Å². The number of likely N-dealkylation sites (N-methyl/N-ethyl adjacent to an activating group) is 1. The maximum absolute atomic E-state index is 6.39. The molecule has 1 unspecified atom stereocenters. The summed E-state index contributed by atoms with van der Waals surface area (Å²) in [7, 11) is 0. The molecule has 0 radical (unpaired) electrons. The van der Waals surface area contributed by atoms with E-state index in [1.807, 2.05) is 12.1 Å². The summed E-state index contributed by atoms with van der Waals surface area (Å²) in [6, 6.07) is 4.49. The Hall–Kier alpha value is -0.930. The molecule has 28 heavy (non-hydrogen) atoms. The number of guanidine groups is 1. The summed E-state index contributed by atoms with van der Waals surface area (Å²) in [6.07, 6.45) is 3.39. The van der Waals surface area contributed by atoms with Crippen LogP contribution in [-0.4, -0.2) is 56.3 Å². The number of benzene rings is 1. The van der Waals surface area contributed by atoms with E-state index in [4.69, 9.17) is 26.1 Å². The minimum Gasteiger partial charge on any atom is -0.489 e. The first-order valence-corrected chi connectivity index (χ1v) is 10.4. The molecular formula is C20H32ClIN4O2. The first-order chi connectivity index (χ1) is 13.2. The molecule has 2 N–H and O–H groups in total. The van der Waals surface area contributed by atoms with E-state index in [9.17, 15) is 0 Å². The number of aliphatic imine (C=N–C) groups is 1.